The van der Waals surface area contributed by atoms with Crippen molar-refractivity contribution >= 4 is 35.2 Å². The molecule has 0 saturated carbocycles. The molecule has 2 aromatic rings. The van der Waals surface area contributed by atoms with Crippen LogP contribution in [0.3, 0.4) is 0 Å². The number of anilines is 1. The Kier molecular flexibility index (Phi) is 6.78. The van der Waals surface area contributed by atoms with Crippen LogP contribution >= 0.6 is 11.6 Å². The maximum Gasteiger partial charge on any atom is 0.331 e. The third-order valence-corrected chi connectivity index (χ3v) is 3.65. The lowest BCUT2D eigenvalue weighted by Gasteiger charge is -2.26. The first-order chi connectivity index (χ1) is 12.0. The van der Waals surface area contributed by atoms with Gasteiger partial charge in [-0.1, -0.05) is 41.9 Å². The predicted molar refractivity (Wildman–Crippen MR) is 101 cm³/mol. The average Bonchev–Trinajstić information content (AvgIpc) is 2.59. The molecule has 130 valence electrons. The molecule has 5 heteroatoms. The van der Waals surface area contributed by atoms with Gasteiger partial charge in [-0.05, 0) is 49.8 Å². The van der Waals surface area contributed by atoms with Gasteiger partial charge >= 0.3 is 5.97 Å². The molecule has 0 unspecified atom stereocenters. The molecule has 0 aliphatic carbocycles. The lowest BCUT2D eigenvalue weighted by atomic mass is 10.2. The van der Waals surface area contributed by atoms with Crippen molar-refractivity contribution in [3.05, 3.63) is 71.3 Å². The molecule has 0 aromatic heterocycles. The minimum absolute atomic E-state index is 0.0457. The van der Waals surface area contributed by atoms with Gasteiger partial charge in [-0.3, -0.25) is 4.79 Å². The summed E-state index contributed by atoms with van der Waals surface area (Å²) in [6.45, 7) is 3.50. The Morgan fingerprint density at radius 3 is 2.48 bits per heavy atom. The third kappa shape index (κ3) is 5.76. The summed E-state index contributed by atoms with van der Waals surface area (Å²) in [4.78, 5) is 25.8. The van der Waals surface area contributed by atoms with E-state index in [0.717, 1.165) is 11.3 Å². The number of halogens is 1. The van der Waals surface area contributed by atoms with Crippen molar-refractivity contribution in [2.24, 2.45) is 0 Å². The number of rotatable bonds is 6. The van der Waals surface area contributed by atoms with Gasteiger partial charge in [0, 0.05) is 22.8 Å². The molecule has 0 aliphatic heterocycles. The van der Waals surface area contributed by atoms with Crippen LogP contribution in [0.2, 0.25) is 5.02 Å². The van der Waals surface area contributed by atoms with Crippen molar-refractivity contribution < 1.29 is 14.3 Å². The molecule has 0 heterocycles. The van der Waals surface area contributed by atoms with E-state index >= 15 is 0 Å². The number of hydrogen-bond donors (Lipinski definition) is 0. The molecule has 25 heavy (non-hydrogen) atoms. The Bertz CT molecular complexity index is 757. The van der Waals surface area contributed by atoms with Crippen molar-refractivity contribution in [1.29, 1.82) is 0 Å². The van der Waals surface area contributed by atoms with Gasteiger partial charge in [0.1, 0.15) is 0 Å². The molecule has 0 N–H and O–H groups in total. The first kappa shape index (κ1) is 18.7. The third-order valence-electron chi connectivity index (χ3n) is 3.42. The van der Waals surface area contributed by atoms with Gasteiger partial charge in [0.2, 0.25) is 0 Å². The second-order valence-corrected chi connectivity index (χ2v) is 6.13. The van der Waals surface area contributed by atoms with Crippen molar-refractivity contribution in [2.75, 3.05) is 11.5 Å². The van der Waals surface area contributed by atoms with Crippen LogP contribution in [-0.4, -0.2) is 24.5 Å². The fraction of sp³-hybridized carbons (Fsp3) is 0.200. The van der Waals surface area contributed by atoms with Gasteiger partial charge in [-0.15, -0.1) is 0 Å². The van der Waals surface area contributed by atoms with Crippen LogP contribution in [-0.2, 0) is 14.3 Å². The van der Waals surface area contributed by atoms with Crippen molar-refractivity contribution in [3.63, 3.8) is 0 Å². The van der Waals surface area contributed by atoms with E-state index in [9.17, 15) is 9.59 Å². The number of hydrogen-bond acceptors (Lipinski definition) is 3. The van der Waals surface area contributed by atoms with Crippen LogP contribution < -0.4 is 4.90 Å². The molecule has 1 amide bonds. The van der Waals surface area contributed by atoms with Crippen molar-refractivity contribution in [1.82, 2.24) is 0 Å². The second kappa shape index (κ2) is 9.04. The Balaban J connectivity index is 1.94. The second-order valence-electron chi connectivity index (χ2n) is 5.69. The predicted octanol–water partition coefficient (Wildman–Crippen LogP) is 4.34. The molecular formula is C20H20ClNO3. The zero-order valence-corrected chi connectivity index (χ0v) is 14.9. The standard InChI is InChI=1S/C20H20ClNO3/c1-15(2)22(18-9-4-3-5-10-18)19(23)14-25-20(24)12-11-16-7-6-8-17(21)13-16/h3-13,15H,14H2,1-2H3/b12-11+. The van der Waals surface area contributed by atoms with Gasteiger partial charge in [0.15, 0.2) is 6.61 Å². The van der Waals surface area contributed by atoms with E-state index < -0.39 is 5.97 Å². The number of ether oxygens (including phenoxy) is 1. The van der Waals surface area contributed by atoms with E-state index in [-0.39, 0.29) is 18.6 Å². The molecule has 2 aromatic carbocycles. The lowest BCUT2D eigenvalue weighted by molar-refractivity contribution is -0.143. The number of nitrogens with zero attached hydrogens (tertiary/aromatic N) is 1. The monoisotopic (exact) mass is 357 g/mol. The summed E-state index contributed by atoms with van der Waals surface area (Å²) in [5.41, 5.74) is 1.55. The van der Waals surface area contributed by atoms with Gasteiger partial charge in [0.25, 0.3) is 5.91 Å². The first-order valence-electron chi connectivity index (χ1n) is 7.95. The summed E-state index contributed by atoms with van der Waals surface area (Å²) in [6.07, 6.45) is 2.87. The normalized spacial score (nSPS) is 10.9. The average molecular weight is 358 g/mol. The highest BCUT2D eigenvalue weighted by molar-refractivity contribution is 6.30. The van der Waals surface area contributed by atoms with Crippen molar-refractivity contribution in [3.8, 4) is 0 Å². The Morgan fingerprint density at radius 1 is 1.12 bits per heavy atom. The maximum atomic E-state index is 12.4. The van der Waals surface area contributed by atoms with E-state index in [2.05, 4.69) is 0 Å². The zero-order chi connectivity index (χ0) is 18.2. The zero-order valence-electron chi connectivity index (χ0n) is 14.2. The highest BCUT2D eigenvalue weighted by Crippen LogP contribution is 2.17. The van der Waals surface area contributed by atoms with Crippen LogP contribution in [0.15, 0.2) is 60.7 Å². The Hall–Kier alpha value is -2.59. The highest BCUT2D eigenvalue weighted by Gasteiger charge is 2.19. The first-order valence-corrected chi connectivity index (χ1v) is 8.32. The molecule has 0 atom stereocenters. The minimum Gasteiger partial charge on any atom is -0.452 e. The number of amides is 1. The summed E-state index contributed by atoms with van der Waals surface area (Å²) in [5.74, 6) is -0.851. The molecule has 4 nitrogen and oxygen atoms in total. The fourth-order valence-corrected chi connectivity index (χ4v) is 2.54. The summed E-state index contributed by atoms with van der Waals surface area (Å²) in [7, 11) is 0. The highest BCUT2D eigenvalue weighted by atomic mass is 35.5. The Morgan fingerprint density at radius 2 is 1.84 bits per heavy atom. The molecule has 0 radical (unpaired) electrons. The molecular weight excluding hydrogens is 338 g/mol. The number of para-hydroxylation sites is 1. The molecule has 0 bridgehead atoms. The summed E-state index contributed by atoms with van der Waals surface area (Å²) in [5, 5.41) is 0.584. The van der Waals surface area contributed by atoms with Crippen LogP contribution in [0, 0.1) is 0 Å². The Labute approximate surface area is 152 Å². The molecule has 2 rings (SSSR count). The lowest BCUT2D eigenvalue weighted by Crippen LogP contribution is -2.39. The van der Waals surface area contributed by atoms with Gasteiger partial charge < -0.3 is 9.64 Å². The summed E-state index contributed by atoms with van der Waals surface area (Å²) in [6, 6.07) is 16.3. The molecule has 0 aliphatic rings. The van der Waals surface area contributed by atoms with Crippen LogP contribution in [0.1, 0.15) is 19.4 Å². The largest absolute Gasteiger partial charge is 0.452 e. The summed E-state index contributed by atoms with van der Waals surface area (Å²) < 4.78 is 5.06. The van der Waals surface area contributed by atoms with Gasteiger partial charge in [-0.25, -0.2) is 4.79 Å². The van der Waals surface area contributed by atoms with Crippen LogP contribution in [0.4, 0.5) is 5.69 Å². The number of esters is 1. The van der Waals surface area contributed by atoms with E-state index in [1.807, 2.05) is 50.2 Å². The van der Waals surface area contributed by atoms with E-state index in [1.54, 1.807) is 29.2 Å². The number of benzene rings is 2. The van der Waals surface area contributed by atoms with E-state index in [0.29, 0.717) is 5.02 Å². The quantitative estimate of drug-likeness (QED) is 0.570. The molecule has 0 saturated heterocycles. The minimum atomic E-state index is -0.579. The number of carbonyl (C=O) groups excluding carboxylic acids is 2. The van der Waals surface area contributed by atoms with Crippen molar-refractivity contribution in [2.45, 2.75) is 19.9 Å². The number of carbonyl (C=O) groups is 2. The van der Waals surface area contributed by atoms with Crippen LogP contribution in [0.25, 0.3) is 6.08 Å². The topological polar surface area (TPSA) is 46.6 Å². The SMILES string of the molecule is CC(C)N(C(=O)COC(=O)/C=C/c1cccc(Cl)c1)c1ccccc1. The fourth-order valence-electron chi connectivity index (χ4n) is 2.34. The van der Waals surface area contributed by atoms with E-state index in [4.69, 9.17) is 16.3 Å². The van der Waals surface area contributed by atoms with Gasteiger partial charge in [0.05, 0.1) is 0 Å². The van der Waals surface area contributed by atoms with Gasteiger partial charge in [-0.2, -0.15) is 0 Å². The molecule has 0 fully saturated rings. The smallest absolute Gasteiger partial charge is 0.331 e. The maximum absolute atomic E-state index is 12.4. The summed E-state index contributed by atoms with van der Waals surface area (Å²) >= 11 is 5.89. The molecule has 0 spiro atoms. The van der Waals surface area contributed by atoms with E-state index in [1.165, 1.54) is 6.08 Å². The van der Waals surface area contributed by atoms with Crippen LogP contribution in [0.5, 0.6) is 0 Å².